The summed E-state index contributed by atoms with van der Waals surface area (Å²) in [6.45, 7) is 0.372. The molecule has 90 valence electrons. The lowest BCUT2D eigenvalue weighted by Crippen LogP contribution is -2.14. The van der Waals surface area contributed by atoms with Crippen molar-refractivity contribution in [1.82, 2.24) is 0 Å². The summed E-state index contributed by atoms with van der Waals surface area (Å²) >= 11 is 0. The normalized spacial score (nSPS) is 11.2. The molecule has 0 heterocycles. The molecule has 0 spiro atoms. The molecule has 3 heteroatoms. The Kier molecular flexibility index (Phi) is 3.86. The van der Waals surface area contributed by atoms with Gasteiger partial charge in [0.15, 0.2) is 5.71 Å². The summed E-state index contributed by atoms with van der Waals surface area (Å²) in [5.41, 5.74) is 1.72. The maximum Gasteiger partial charge on any atom is 0.354 e. The van der Waals surface area contributed by atoms with Gasteiger partial charge in [-0.3, -0.25) is 4.99 Å². The van der Waals surface area contributed by atoms with Crippen molar-refractivity contribution >= 4 is 11.7 Å². The smallest absolute Gasteiger partial charge is 0.354 e. The number of rotatable bonds is 4. The number of carboxylic acids is 1. The van der Waals surface area contributed by atoms with E-state index in [4.69, 9.17) is 0 Å². The van der Waals surface area contributed by atoms with Gasteiger partial charge >= 0.3 is 5.97 Å². The zero-order valence-corrected chi connectivity index (χ0v) is 9.78. The highest BCUT2D eigenvalue weighted by atomic mass is 16.4. The number of carbonyl (C=O) groups is 1. The topological polar surface area (TPSA) is 49.7 Å². The van der Waals surface area contributed by atoms with Gasteiger partial charge in [-0.2, -0.15) is 0 Å². The van der Waals surface area contributed by atoms with E-state index in [2.05, 4.69) is 4.99 Å². The van der Waals surface area contributed by atoms with Gasteiger partial charge in [0.25, 0.3) is 0 Å². The third-order valence-electron chi connectivity index (χ3n) is 2.51. The SMILES string of the molecule is O=C(O)C(=NCc1ccccc1)c1ccccc1. The standard InChI is InChI=1S/C15H13NO2/c17-15(18)14(13-9-5-2-6-10-13)16-11-12-7-3-1-4-8-12/h1-10H,11H2,(H,17,18). The van der Waals surface area contributed by atoms with Crippen molar-refractivity contribution in [3.05, 3.63) is 71.8 Å². The van der Waals surface area contributed by atoms with Crippen LogP contribution in [0.4, 0.5) is 0 Å². The fraction of sp³-hybridized carbons (Fsp3) is 0.0667. The molecule has 2 rings (SSSR count). The lowest BCUT2D eigenvalue weighted by molar-refractivity contribution is -0.129. The molecular formula is C15H13NO2. The number of hydrogen-bond donors (Lipinski definition) is 1. The minimum absolute atomic E-state index is 0.0967. The Morgan fingerprint density at radius 2 is 1.50 bits per heavy atom. The molecule has 0 amide bonds. The van der Waals surface area contributed by atoms with Crippen molar-refractivity contribution in [1.29, 1.82) is 0 Å². The number of aliphatic carboxylic acids is 1. The fourth-order valence-electron chi connectivity index (χ4n) is 1.63. The van der Waals surface area contributed by atoms with E-state index < -0.39 is 5.97 Å². The molecule has 0 unspecified atom stereocenters. The van der Waals surface area contributed by atoms with Crippen molar-refractivity contribution in [2.24, 2.45) is 4.99 Å². The van der Waals surface area contributed by atoms with Gasteiger partial charge in [0.05, 0.1) is 6.54 Å². The molecular weight excluding hydrogens is 226 g/mol. The molecule has 0 fully saturated rings. The van der Waals surface area contributed by atoms with E-state index in [1.54, 1.807) is 24.3 Å². The van der Waals surface area contributed by atoms with E-state index in [9.17, 15) is 9.90 Å². The summed E-state index contributed by atoms with van der Waals surface area (Å²) in [5, 5.41) is 9.17. The van der Waals surface area contributed by atoms with Gasteiger partial charge in [0.1, 0.15) is 0 Å². The average Bonchev–Trinajstić information content (AvgIpc) is 2.41. The number of nitrogens with zero attached hydrogens (tertiary/aromatic N) is 1. The first-order valence-corrected chi connectivity index (χ1v) is 5.64. The van der Waals surface area contributed by atoms with Crippen LogP contribution in [0.25, 0.3) is 0 Å². The zero-order chi connectivity index (χ0) is 12.8. The Bertz CT molecular complexity index is 547. The first kappa shape index (κ1) is 12.0. The van der Waals surface area contributed by atoms with Crippen LogP contribution in [0.3, 0.4) is 0 Å². The highest BCUT2D eigenvalue weighted by Crippen LogP contribution is 2.05. The molecule has 0 radical (unpaired) electrons. The maximum absolute atomic E-state index is 11.2. The second-order valence-corrected chi connectivity index (χ2v) is 3.82. The van der Waals surface area contributed by atoms with Crippen molar-refractivity contribution in [3.8, 4) is 0 Å². The van der Waals surface area contributed by atoms with E-state index >= 15 is 0 Å². The molecule has 3 nitrogen and oxygen atoms in total. The second-order valence-electron chi connectivity index (χ2n) is 3.82. The van der Waals surface area contributed by atoms with Crippen LogP contribution in [0, 0.1) is 0 Å². The van der Waals surface area contributed by atoms with Crippen LogP contribution in [-0.4, -0.2) is 16.8 Å². The molecule has 0 aliphatic rings. The van der Waals surface area contributed by atoms with Crippen LogP contribution in [0.5, 0.6) is 0 Å². The monoisotopic (exact) mass is 239 g/mol. The molecule has 18 heavy (non-hydrogen) atoms. The summed E-state index contributed by atoms with van der Waals surface area (Å²) < 4.78 is 0. The summed E-state index contributed by atoms with van der Waals surface area (Å²) in [6, 6.07) is 18.5. The van der Waals surface area contributed by atoms with Gasteiger partial charge in [-0.15, -0.1) is 0 Å². The van der Waals surface area contributed by atoms with Crippen molar-refractivity contribution < 1.29 is 9.90 Å². The summed E-state index contributed by atoms with van der Waals surface area (Å²) in [5.74, 6) is -1.00. The number of carboxylic acid groups (broad SMARTS) is 1. The summed E-state index contributed by atoms with van der Waals surface area (Å²) in [7, 11) is 0. The van der Waals surface area contributed by atoms with Crippen LogP contribution in [0.1, 0.15) is 11.1 Å². The molecule has 0 saturated carbocycles. The molecule has 0 saturated heterocycles. The van der Waals surface area contributed by atoms with Gasteiger partial charge in [0.2, 0.25) is 0 Å². The molecule has 1 N–H and O–H groups in total. The zero-order valence-electron chi connectivity index (χ0n) is 9.78. The predicted octanol–water partition coefficient (Wildman–Crippen LogP) is 2.76. The Balaban J connectivity index is 2.24. The first-order valence-electron chi connectivity index (χ1n) is 5.64. The van der Waals surface area contributed by atoms with Crippen LogP contribution in [0.15, 0.2) is 65.7 Å². The quantitative estimate of drug-likeness (QED) is 0.834. The second kappa shape index (κ2) is 5.77. The minimum Gasteiger partial charge on any atom is -0.477 e. The molecule has 0 aliphatic carbocycles. The van der Waals surface area contributed by atoms with Crippen LogP contribution >= 0.6 is 0 Å². The number of benzene rings is 2. The van der Waals surface area contributed by atoms with Gasteiger partial charge < -0.3 is 5.11 Å². The fourth-order valence-corrected chi connectivity index (χ4v) is 1.63. The van der Waals surface area contributed by atoms with Gasteiger partial charge in [-0.05, 0) is 5.56 Å². The largest absolute Gasteiger partial charge is 0.477 e. The van der Waals surface area contributed by atoms with Crippen LogP contribution < -0.4 is 0 Å². The van der Waals surface area contributed by atoms with E-state index in [0.717, 1.165) is 5.56 Å². The Morgan fingerprint density at radius 3 is 2.06 bits per heavy atom. The first-order chi connectivity index (χ1) is 8.77. The number of aliphatic imine (C=N–C) groups is 1. The predicted molar refractivity (Wildman–Crippen MR) is 70.8 cm³/mol. The van der Waals surface area contributed by atoms with Crippen LogP contribution in [-0.2, 0) is 11.3 Å². The molecule has 0 atom stereocenters. The average molecular weight is 239 g/mol. The van der Waals surface area contributed by atoms with Gasteiger partial charge in [-0.25, -0.2) is 4.79 Å². The van der Waals surface area contributed by atoms with Gasteiger partial charge in [0, 0.05) is 5.56 Å². The van der Waals surface area contributed by atoms with Crippen LogP contribution in [0.2, 0.25) is 0 Å². The Labute approximate surface area is 105 Å². The highest BCUT2D eigenvalue weighted by Gasteiger charge is 2.11. The van der Waals surface area contributed by atoms with Crippen molar-refractivity contribution in [3.63, 3.8) is 0 Å². The summed E-state index contributed by atoms with van der Waals surface area (Å²) in [6.07, 6.45) is 0. The van der Waals surface area contributed by atoms with E-state index in [-0.39, 0.29) is 5.71 Å². The minimum atomic E-state index is -1.00. The lowest BCUT2D eigenvalue weighted by Gasteiger charge is -2.02. The molecule has 0 aliphatic heterocycles. The Hall–Kier alpha value is -2.42. The molecule has 2 aromatic rings. The number of hydrogen-bond acceptors (Lipinski definition) is 2. The molecule has 0 aromatic heterocycles. The highest BCUT2D eigenvalue weighted by molar-refractivity contribution is 6.42. The maximum atomic E-state index is 11.2. The van der Waals surface area contributed by atoms with Gasteiger partial charge in [-0.1, -0.05) is 60.7 Å². The Morgan fingerprint density at radius 1 is 0.944 bits per heavy atom. The van der Waals surface area contributed by atoms with E-state index in [1.807, 2.05) is 36.4 Å². The van der Waals surface area contributed by atoms with E-state index in [0.29, 0.717) is 12.1 Å². The van der Waals surface area contributed by atoms with Crippen molar-refractivity contribution in [2.75, 3.05) is 0 Å². The lowest BCUT2D eigenvalue weighted by atomic mass is 10.1. The molecule has 2 aromatic carbocycles. The molecule has 0 bridgehead atoms. The third kappa shape index (κ3) is 3.04. The summed E-state index contributed by atoms with van der Waals surface area (Å²) in [4.78, 5) is 15.4. The van der Waals surface area contributed by atoms with Crippen molar-refractivity contribution in [2.45, 2.75) is 6.54 Å². The van der Waals surface area contributed by atoms with E-state index in [1.165, 1.54) is 0 Å². The third-order valence-corrected chi connectivity index (χ3v) is 2.51.